The van der Waals surface area contributed by atoms with Gasteiger partial charge in [-0.25, -0.2) is 0 Å². The smallest absolute Gasteiger partial charge is 0.272 e. The number of hydrogen-bond donors (Lipinski definition) is 2. The van der Waals surface area contributed by atoms with E-state index in [-0.39, 0.29) is 17.4 Å². The van der Waals surface area contributed by atoms with E-state index in [1.807, 2.05) is 24.3 Å². The van der Waals surface area contributed by atoms with E-state index in [9.17, 15) is 9.59 Å². The molecule has 6 nitrogen and oxygen atoms in total. The summed E-state index contributed by atoms with van der Waals surface area (Å²) >= 11 is 5.95. The molecule has 0 radical (unpaired) electrons. The van der Waals surface area contributed by atoms with Crippen molar-refractivity contribution in [2.45, 2.75) is 24.8 Å². The van der Waals surface area contributed by atoms with E-state index in [1.165, 1.54) is 0 Å². The largest absolute Gasteiger partial charge is 0.341 e. The number of carbonyl (C=O) groups excluding carboxylic acids is 2. The van der Waals surface area contributed by atoms with Crippen LogP contribution < -0.4 is 10.6 Å². The number of nitrogens with zero attached hydrogens (tertiary/aromatic N) is 2. The molecular formula is C22H21ClN4O2. The van der Waals surface area contributed by atoms with Crippen LogP contribution in [0.15, 0.2) is 60.8 Å². The zero-order valence-corrected chi connectivity index (χ0v) is 16.7. The Morgan fingerprint density at radius 3 is 2.41 bits per heavy atom. The Balaban J connectivity index is 1.47. The van der Waals surface area contributed by atoms with Crippen molar-refractivity contribution in [3.8, 4) is 0 Å². The maximum absolute atomic E-state index is 12.6. The maximum Gasteiger partial charge on any atom is 0.272 e. The third-order valence-electron chi connectivity index (χ3n) is 5.29. The third kappa shape index (κ3) is 4.03. The van der Waals surface area contributed by atoms with Crippen LogP contribution in [-0.2, 0) is 12.6 Å². The van der Waals surface area contributed by atoms with E-state index in [0.29, 0.717) is 22.0 Å². The molecule has 4 rings (SSSR count). The number of halogens is 1. The van der Waals surface area contributed by atoms with Crippen LogP contribution in [0.5, 0.6) is 0 Å². The first-order valence-corrected chi connectivity index (χ1v) is 9.83. The fourth-order valence-electron chi connectivity index (χ4n) is 3.54. The van der Waals surface area contributed by atoms with E-state index in [2.05, 4.69) is 15.7 Å². The Bertz CT molecular complexity index is 1050. The lowest BCUT2D eigenvalue weighted by Gasteiger charge is -2.43. The highest BCUT2D eigenvalue weighted by atomic mass is 35.5. The molecule has 0 aliphatic heterocycles. The van der Waals surface area contributed by atoms with Crippen LogP contribution in [0.25, 0.3) is 0 Å². The maximum atomic E-state index is 12.6. The van der Waals surface area contributed by atoms with E-state index in [4.69, 9.17) is 11.6 Å². The van der Waals surface area contributed by atoms with Crippen molar-refractivity contribution >= 4 is 29.1 Å². The van der Waals surface area contributed by atoms with Gasteiger partial charge in [-0.2, -0.15) is 5.10 Å². The highest BCUT2D eigenvalue weighted by Gasteiger charge is 2.40. The molecular weight excluding hydrogens is 388 g/mol. The second-order valence-corrected chi connectivity index (χ2v) is 7.74. The third-order valence-corrected chi connectivity index (χ3v) is 5.52. The van der Waals surface area contributed by atoms with Crippen molar-refractivity contribution in [2.75, 3.05) is 5.32 Å². The molecule has 2 amide bonds. The zero-order valence-electron chi connectivity index (χ0n) is 16.0. The molecule has 148 valence electrons. The van der Waals surface area contributed by atoms with Gasteiger partial charge in [0, 0.05) is 29.5 Å². The summed E-state index contributed by atoms with van der Waals surface area (Å²) in [5.74, 6) is -0.398. The van der Waals surface area contributed by atoms with Gasteiger partial charge in [0.1, 0.15) is 5.69 Å². The van der Waals surface area contributed by atoms with Gasteiger partial charge in [0.25, 0.3) is 11.8 Å². The van der Waals surface area contributed by atoms with Gasteiger partial charge in [-0.1, -0.05) is 29.8 Å². The van der Waals surface area contributed by atoms with Crippen molar-refractivity contribution in [1.29, 1.82) is 0 Å². The number of aryl methyl sites for hydroxylation is 1. The van der Waals surface area contributed by atoms with Crippen LogP contribution in [0.3, 0.4) is 0 Å². The summed E-state index contributed by atoms with van der Waals surface area (Å²) < 4.78 is 1.61. The van der Waals surface area contributed by atoms with E-state index < -0.39 is 0 Å². The number of anilines is 1. The molecule has 0 spiro atoms. The van der Waals surface area contributed by atoms with Gasteiger partial charge in [0.2, 0.25) is 0 Å². The van der Waals surface area contributed by atoms with E-state index >= 15 is 0 Å². The van der Waals surface area contributed by atoms with Crippen molar-refractivity contribution in [3.05, 3.63) is 82.6 Å². The first-order valence-electron chi connectivity index (χ1n) is 9.45. The molecule has 29 heavy (non-hydrogen) atoms. The molecule has 0 saturated heterocycles. The number of rotatable bonds is 5. The second-order valence-electron chi connectivity index (χ2n) is 7.31. The highest BCUT2D eigenvalue weighted by Crippen LogP contribution is 2.41. The molecule has 0 unspecified atom stereocenters. The summed E-state index contributed by atoms with van der Waals surface area (Å²) in [5, 5.41) is 10.7. The molecule has 0 atom stereocenters. The van der Waals surface area contributed by atoms with Gasteiger partial charge in [0.15, 0.2) is 0 Å². The Labute approximate surface area is 173 Å². The predicted octanol–water partition coefficient (Wildman–Crippen LogP) is 4.14. The summed E-state index contributed by atoms with van der Waals surface area (Å²) in [6.07, 6.45) is 4.55. The van der Waals surface area contributed by atoms with E-state index in [1.54, 1.807) is 48.3 Å². The molecule has 2 N–H and O–H groups in total. The number of nitrogens with one attached hydrogen (secondary N) is 2. The minimum atomic E-state index is -0.385. The minimum absolute atomic E-state index is 0.177. The lowest BCUT2D eigenvalue weighted by atomic mass is 9.71. The number of benzene rings is 2. The zero-order chi connectivity index (χ0) is 20.4. The standard InChI is InChI=1S/C22H21ClN4O2/c1-27-13-10-19(26-27)21(29)25-22(11-3-12-22)16-6-8-18(9-7-16)24-20(28)15-4-2-5-17(23)14-15/h2,4-10,13-14H,3,11-12H2,1H3,(H,24,28)(H,25,29). The average molecular weight is 409 g/mol. The number of carbonyl (C=O) groups is 2. The minimum Gasteiger partial charge on any atom is -0.341 e. The molecule has 3 aromatic rings. The molecule has 2 aromatic carbocycles. The van der Waals surface area contributed by atoms with Crippen molar-refractivity contribution in [1.82, 2.24) is 15.1 Å². The summed E-state index contributed by atoms with van der Waals surface area (Å²) in [4.78, 5) is 25.0. The van der Waals surface area contributed by atoms with Crippen LogP contribution in [0.1, 0.15) is 45.7 Å². The quantitative estimate of drug-likeness (QED) is 0.666. The summed E-state index contributed by atoms with van der Waals surface area (Å²) in [6.45, 7) is 0. The number of aromatic nitrogens is 2. The van der Waals surface area contributed by atoms with Crippen molar-refractivity contribution in [3.63, 3.8) is 0 Å². The van der Waals surface area contributed by atoms with E-state index in [0.717, 1.165) is 24.8 Å². The first-order chi connectivity index (χ1) is 13.9. The predicted molar refractivity (Wildman–Crippen MR) is 112 cm³/mol. The Morgan fingerprint density at radius 2 is 1.83 bits per heavy atom. The summed E-state index contributed by atoms with van der Waals surface area (Å²) in [5.41, 5.74) is 2.23. The van der Waals surface area contributed by atoms with Gasteiger partial charge in [-0.3, -0.25) is 14.3 Å². The molecule has 7 heteroatoms. The first kappa shape index (κ1) is 19.2. The van der Waals surface area contributed by atoms with Crippen LogP contribution in [0.4, 0.5) is 5.69 Å². The topological polar surface area (TPSA) is 76.0 Å². The van der Waals surface area contributed by atoms with Crippen molar-refractivity contribution < 1.29 is 9.59 Å². The normalized spacial score (nSPS) is 14.7. The van der Waals surface area contributed by atoms with Crippen LogP contribution in [-0.4, -0.2) is 21.6 Å². The Hall–Kier alpha value is -3.12. The van der Waals surface area contributed by atoms with Gasteiger partial charge in [-0.05, 0) is 61.2 Å². The monoisotopic (exact) mass is 408 g/mol. The van der Waals surface area contributed by atoms with Gasteiger partial charge >= 0.3 is 0 Å². The second kappa shape index (κ2) is 7.72. The molecule has 1 heterocycles. The Kier molecular flexibility index (Phi) is 5.11. The number of hydrogen-bond acceptors (Lipinski definition) is 3. The van der Waals surface area contributed by atoms with Gasteiger partial charge < -0.3 is 10.6 Å². The van der Waals surface area contributed by atoms with Gasteiger partial charge in [0.05, 0.1) is 5.54 Å². The molecule has 1 aliphatic rings. The molecule has 1 saturated carbocycles. The molecule has 0 bridgehead atoms. The lowest BCUT2D eigenvalue weighted by molar-refractivity contribution is 0.0817. The molecule has 1 fully saturated rings. The number of amides is 2. The van der Waals surface area contributed by atoms with Crippen LogP contribution in [0.2, 0.25) is 5.02 Å². The summed E-state index contributed by atoms with van der Waals surface area (Å²) in [7, 11) is 1.78. The lowest BCUT2D eigenvalue weighted by Crippen LogP contribution is -2.50. The van der Waals surface area contributed by atoms with Crippen LogP contribution in [0, 0.1) is 0 Å². The Morgan fingerprint density at radius 1 is 1.07 bits per heavy atom. The molecule has 1 aromatic heterocycles. The molecule has 1 aliphatic carbocycles. The van der Waals surface area contributed by atoms with Crippen molar-refractivity contribution in [2.24, 2.45) is 7.05 Å². The fourth-order valence-corrected chi connectivity index (χ4v) is 3.73. The van der Waals surface area contributed by atoms with Crippen LogP contribution >= 0.6 is 11.6 Å². The highest BCUT2D eigenvalue weighted by molar-refractivity contribution is 6.31. The van der Waals surface area contributed by atoms with Gasteiger partial charge in [-0.15, -0.1) is 0 Å². The average Bonchev–Trinajstić information content (AvgIpc) is 3.12. The summed E-state index contributed by atoms with van der Waals surface area (Å²) in [6, 6.07) is 16.1. The SMILES string of the molecule is Cn1ccc(C(=O)NC2(c3ccc(NC(=O)c4cccc(Cl)c4)cc3)CCC2)n1. The fraction of sp³-hybridized carbons (Fsp3) is 0.227.